The molecule has 1 aliphatic heterocycles. The smallest absolute Gasteiger partial charge is 0.260 e. The molecule has 1 aliphatic rings. The van der Waals surface area contributed by atoms with E-state index in [4.69, 9.17) is 4.74 Å². The van der Waals surface area contributed by atoms with Gasteiger partial charge in [-0.15, -0.1) is 0 Å². The number of amides is 2. The summed E-state index contributed by atoms with van der Waals surface area (Å²) >= 11 is 0. The van der Waals surface area contributed by atoms with Gasteiger partial charge < -0.3 is 15.0 Å². The van der Waals surface area contributed by atoms with E-state index in [9.17, 15) is 14.0 Å². The second-order valence-corrected chi connectivity index (χ2v) is 5.50. The topological polar surface area (TPSA) is 58.6 Å². The van der Waals surface area contributed by atoms with Crippen molar-refractivity contribution in [1.29, 1.82) is 0 Å². The van der Waals surface area contributed by atoms with Crippen molar-refractivity contribution < 1.29 is 18.7 Å². The number of nitrogens with zero attached hydrogens (tertiary/aromatic N) is 1. The highest BCUT2D eigenvalue weighted by Crippen LogP contribution is 2.14. The minimum atomic E-state index is -0.656. The fourth-order valence-electron chi connectivity index (χ4n) is 2.43. The van der Waals surface area contributed by atoms with E-state index >= 15 is 0 Å². The summed E-state index contributed by atoms with van der Waals surface area (Å²) < 4.78 is 18.3. The van der Waals surface area contributed by atoms with Gasteiger partial charge in [0.15, 0.2) is 6.10 Å². The molecule has 0 saturated carbocycles. The van der Waals surface area contributed by atoms with Gasteiger partial charge >= 0.3 is 0 Å². The Morgan fingerprint density at radius 3 is 2.41 bits per heavy atom. The Labute approximate surface area is 129 Å². The number of benzene rings is 1. The van der Waals surface area contributed by atoms with E-state index in [1.54, 1.807) is 18.7 Å². The van der Waals surface area contributed by atoms with Gasteiger partial charge in [0.1, 0.15) is 11.6 Å². The first-order chi connectivity index (χ1) is 10.5. The third-order valence-electron chi connectivity index (χ3n) is 3.78. The summed E-state index contributed by atoms with van der Waals surface area (Å²) in [6.07, 6.45) is 0.833. The van der Waals surface area contributed by atoms with Gasteiger partial charge in [-0.25, -0.2) is 4.39 Å². The van der Waals surface area contributed by atoms with Gasteiger partial charge in [0.25, 0.3) is 5.91 Å². The predicted octanol–water partition coefficient (Wildman–Crippen LogP) is 1.72. The minimum absolute atomic E-state index is 0.0577. The summed E-state index contributed by atoms with van der Waals surface area (Å²) in [4.78, 5) is 25.1. The molecule has 1 atom stereocenters. The zero-order chi connectivity index (χ0) is 16.1. The SMILES string of the molecule is CC(=O)N1CCC(NC(=O)[C@H](C)Oc2ccc(F)cc2)CC1. The number of nitrogens with one attached hydrogen (secondary N) is 1. The number of likely N-dealkylation sites (tertiary alicyclic amines) is 1. The van der Waals surface area contributed by atoms with Crippen LogP contribution in [-0.4, -0.2) is 41.9 Å². The molecule has 0 aliphatic carbocycles. The van der Waals surface area contributed by atoms with E-state index in [2.05, 4.69) is 5.32 Å². The molecule has 1 saturated heterocycles. The molecule has 0 unspecified atom stereocenters. The molecule has 0 spiro atoms. The first kappa shape index (κ1) is 16.3. The standard InChI is InChI=1S/C16H21FN2O3/c1-11(22-15-5-3-13(17)4-6-15)16(21)18-14-7-9-19(10-8-14)12(2)20/h3-6,11,14H,7-10H2,1-2H3,(H,18,21)/t11-/m0/s1. The number of hydrogen-bond acceptors (Lipinski definition) is 3. The normalized spacial score (nSPS) is 17.0. The maximum absolute atomic E-state index is 12.8. The molecule has 1 aromatic rings. The molecule has 1 N–H and O–H groups in total. The van der Waals surface area contributed by atoms with Gasteiger partial charge in [0.2, 0.25) is 5.91 Å². The number of hydrogen-bond donors (Lipinski definition) is 1. The molecule has 1 heterocycles. The summed E-state index contributed by atoms with van der Waals surface area (Å²) in [6.45, 7) is 4.53. The highest BCUT2D eigenvalue weighted by Gasteiger charge is 2.24. The van der Waals surface area contributed by atoms with E-state index in [0.717, 1.165) is 12.8 Å². The lowest BCUT2D eigenvalue weighted by molar-refractivity contribution is -0.130. The molecule has 2 rings (SSSR count). The summed E-state index contributed by atoms with van der Waals surface area (Å²) in [5, 5.41) is 2.93. The third kappa shape index (κ3) is 4.44. The summed E-state index contributed by atoms with van der Waals surface area (Å²) in [5.41, 5.74) is 0. The van der Waals surface area contributed by atoms with Gasteiger partial charge in [0.05, 0.1) is 0 Å². The highest BCUT2D eigenvalue weighted by molar-refractivity contribution is 5.81. The van der Waals surface area contributed by atoms with Crippen LogP contribution in [0.1, 0.15) is 26.7 Å². The fourth-order valence-corrected chi connectivity index (χ4v) is 2.43. The molecule has 0 bridgehead atoms. The van der Waals surface area contributed by atoms with Gasteiger partial charge in [-0.3, -0.25) is 9.59 Å². The Bertz CT molecular complexity index is 525. The van der Waals surface area contributed by atoms with Crippen LogP contribution in [0.5, 0.6) is 5.75 Å². The molecule has 1 fully saturated rings. The van der Waals surface area contributed by atoms with Crippen molar-refractivity contribution >= 4 is 11.8 Å². The highest BCUT2D eigenvalue weighted by atomic mass is 19.1. The van der Waals surface area contributed by atoms with Crippen LogP contribution in [0, 0.1) is 5.82 Å². The van der Waals surface area contributed by atoms with Crippen molar-refractivity contribution in [1.82, 2.24) is 10.2 Å². The van der Waals surface area contributed by atoms with Crippen molar-refractivity contribution in [3.05, 3.63) is 30.1 Å². The van der Waals surface area contributed by atoms with Crippen molar-refractivity contribution in [2.24, 2.45) is 0 Å². The van der Waals surface area contributed by atoms with Crippen LogP contribution in [0.2, 0.25) is 0 Å². The number of rotatable bonds is 4. The second-order valence-electron chi connectivity index (χ2n) is 5.50. The Kier molecular flexibility index (Phi) is 5.35. The monoisotopic (exact) mass is 308 g/mol. The third-order valence-corrected chi connectivity index (χ3v) is 3.78. The summed E-state index contributed by atoms with van der Waals surface area (Å²) in [5.74, 6) is -0.0273. The molecule has 120 valence electrons. The molecule has 22 heavy (non-hydrogen) atoms. The molecular weight excluding hydrogens is 287 g/mol. The van der Waals surface area contributed by atoms with E-state index in [1.165, 1.54) is 24.3 Å². The summed E-state index contributed by atoms with van der Waals surface area (Å²) in [6, 6.07) is 5.62. The van der Waals surface area contributed by atoms with Gasteiger partial charge in [-0.05, 0) is 44.0 Å². The molecule has 0 radical (unpaired) electrons. The Morgan fingerprint density at radius 1 is 1.27 bits per heavy atom. The quantitative estimate of drug-likeness (QED) is 0.921. The Morgan fingerprint density at radius 2 is 1.86 bits per heavy atom. The van der Waals surface area contributed by atoms with E-state index in [-0.39, 0.29) is 23.7 Å². The largest absolute Gasteiger partial charge is 0.481 e. The van der Waals surface area contributed by atoms with Crippen LogP contribution >= 0.6 is 0 Å². The van der Waals surface area contributed by atoms with Crippen LogP contribution in [-0.2, 0) is 9.59 Å². The predicted molar refractivity (Wildman–Crippen MR) is 79.9 cm³/mol. The van der Waals surface area contributed by atoms with Crippen LogP contribution < -0.4 is 10.1 Å². The number of ether oxygens (including phenoxy) is 1. The average molecular weight is 308 g/mol. The lowest BCUT2D eigenvalue weighted by atomic mass is 10.0. The van der Waals surface area contributed by atoms with E-state index in [1.807, 2.05) is 0 Å². The zero-order valence-corrected chi connectivity index (χ0v) is 12.8. The molecule has 6 heteroatoms. The van der Waals surface area contributed by atoms with Crippen LogP contribution in [0.4, 0.5) is 4.39 Å². The van der Waals surface area contributed by atoms with Gasteiger partial charge in [-0.1, -0.05) is 0 Å². The first-order valence-electron chi connectivity index (χ1n) is 7.44. The molecule has 2 amide bonds. The lowest BCUT2D eigenvalue weighted by Crippen LogP contribution is -2.48. The molecular formula is C16H21FN2O3. The van der Waals surface area contributed by atoms with E-state index < -0.39 is 6.10 Å². The number of carbonyl (C=O) groups excluding carboxylic acids is 2. The van der Waals surface area contributed by atoms with E-state index in [0.29, 0.717) is 18.8 Å². The van der Waals surface area contributed by atoms with Crippen molar-refractivity contribution in [3.63, 3.8) is 0 Å². The summed E-state index contributed by atoms with van der Waals surface area (Å²) in [7, 11) is 0. The van der Waals surface area contributed by atoms with Crippen molar-refractivity contribution in [2.45, 2.75) is 38.8 Å². The zero-order valence-electron chi connectivity index (χ0n) is 12.8. The number of piperidine rings is 1. The average Bonchev–Trinajstić information content (AvgIpc) is 2.50. The maximum Gasteiger partial charge on any atom is 0.260 e. The number of halogens is 1. The number of carbonyl (C=O) groups is 2. The lowest BCUT2D eigenvalue weighted by Gasteiger charge is -2.32. The van der Waals surface area contributed by atoms with Crippen LogP contribution in [0.15, 0.2) is 24.3 Å². The van der Waals surface area contributed by atoms with Gasteiger partial charge in [-0.2, -0.15) is 0 Å². The molecule has 0 aromatic heterocycles. The van der Waals surface area contributed by atoms with Crippen molar-refractivity contribution in [3.8, 4) is 5.75 Å². The van der Waals surface area contributed by atoms with Crippen molar-refractivity contribution in [2.75, 3.05) is 13.1 Å². The minimum Gasteiger partial charge on any atom is -0.481 e. The Balaban J connectivity index is 1.79. The van der Waals surface area contributed by atoms with Crippen LogP contribution in [0.3, 0.4) is 0 Å². The van der Waals surface area contributed by atoms with Gasteiger partial charge in [0, 0.05) is 26.1 Å². The van der Waals surface area contributed by atoms with Crippen LogP contribution in [0.25, 0.3) is 0 Å². The fraction of sp³-hybridized carbons (Fsp3) is 0.500. The second kappa shape index (κ2) is 7.24. The maximum atomic E-state index is 12.8. The molecule has 5 nitrogen and oxygen atoms in total. The molecule has 1 aromatic carbocycles. The Hall–Kier alpha value is -2.11. The first-order valence-corrected chi connectivity index (χ1v) is 7.44.